The van der Waals surface area contributed by atoms with Crippen LogP contribution in [0.1, 0.15) is 11.8 Å². The van der Waals surface area contributed by atoms with Crippen molar-refractivity contribution in [1.29, 1.82) is 0 Å². The van der Waals surface area contributed by atoms with Crippen molar-refractivity contribution in [3.63, 3.8) is 0 Å². The number of amides is 1. The second-order valence-electron chi connectivity index (χ2n) is 3.93. The molecule has 1 amide bonds. The van der Waals surface area contributed by atoms with Gasteiger partial charge in [0.2, 0.25) is 0 Å². The third-order valence-electron chi connectivity index (χ3n) is 2.42. The van der Waals surface area contributed by atoms with Gasteiger partial charge < -0.3 is 4.74 Å². The van der Waals surface area contributed by atoms with Gasteiger partial charge in [0.25, 0.3) is 5.91 Å². The van der Waals surface area contributed by atoms with Gasteiger partial charge in [0.1, 0.15) is 0 Å². The van der Waals surface area contributed by atoms with Crippen LogP contribution in [-0.2, 0) is 4.79 Å². The third kappa shape index (κ3) is 3.89. The summed E-state index contributed by atoms with van der Waals surface area (Å²) in [6.07, 6.45) is 0. The lowest BCUT2D eigenvalue weighted by atomic mass is 10.3. The number of nitrogens with one attached hydrogen (secondary N) is 1. The van der Waals surface area contributed by atoms with E-state index in [1.165, 1.54) is 23.5 Å². The third-order valence-corrected chi connectivity index (χ3v) is 3.40. The molecule has 0 saturated heterocycles. The average molecular weight is 292 g/mol. The molecule has 0 aliphatic heterocycles. The summed E-state index contributed by atoms with van der Waals surface area (Å²) < 4.78 is 18.3. The first-order chi connectivity index (χ1) is 9.66. The molecular formula is C14H13FN2O2S. The first-order valence-electron chi connectivity index (χ1n) is 5.91. The minimum absolute atomic E-state index is 0.0432. The van der Waals surface area contributed by atoms with Crippen LogP contribution in [0.5, 0.6) is 5.75 Å². The van der Waals surface area contributed by atoms with Gasteiger partial charge in [-0.3, -0.25) is 4.79 Å². The Kier molecular flexibility index (Phi) is 4.84. The lowest BCUT2D eigenvalue weighted by Crippen LogP contribution is -2.25. The average Bonchev–Trinajstić information content (AvgIpc) is 2.98. The van der Waals surface area contributed by atoms with Gasteiger partial charge >= 0.3 is 0 Å². The van der Waals surface area contributed by atoms with Crippen LogP contribution < -0.4 is 10.2 Å². The predicted molar refractivity (Wildman–Crippen MR) is 76.6 cm³/mol. The molecule has 0 spiro atoms. The van der Waals surface area contributed by atoms with Crippen molar-refractivity contribution in [3.05, 3.63) is 52.5 Å². The van der Waals surface area contributed by atoms with Crippen LogP contribution in [0.3, 0.4) is 0 Å². The van der Waals surface area contributed by atoms with Crippen molar-refractivity contribution in [2.45, 2.75) is 6.92 Å². The molecule has 1 aromatic carbocycles. The van der Waals surface area contributed by atoms with E-state index in [2.05, 4.69) is 10.5 Å². The van der Waals surface area contributed by atoms with E-state index in [1.807, 2.05) is 17.5 Å². The summed E-state index contributed by atoms with van der Waals surface area (Å²) in [5, 5.41) is 5.88. The number of rotatable bonds is 5. The van der Waals surface area contributed by atoms with Crippen LogP contribution in [-0.4, -0.2) is 18.2 Å². The van der Waals surface area contributed by atoms with E-state index in [9.17, 15) is 9.18 Å². The minimum atomic E-state index is -0.501. The SMILES string of the molecule is C/C(=N/NC(=O)COc1ccccc1F)c1cccs1. The molecule has 0 saturated carbocycles. The summed E-state index contributed by atoms with van der Waals surface area (Å²) in [6, 6.07) is 9.73. The Morgan fingerprint density at radius 2 is 2.15 bits per heavy atom. The summed E-state index contributed by atoms with van der Waals surface area (Å²) in [6.45, 7) is 1.51. The lowest BCUT2D eigenvalue weighted by Gasteiger charge is -2.06. The van der Waals surface area contributed by atoms with Crippen LogP contribution in [0, 0.1) is 5.82 Å². The Balaban J connectivity index is 1.84. The Morgan fingerprint density at radius 3 is 2.85 bits per heavy atom. The fourth-order valence-corrected chi connectivity index (χ4v) is 2.10. The predicted octanol–water partition coefficient (Wildman–Crippen LogP) is 2.81. The molecule has 0 fully saturated rings. The van der Waals surface area contributed by atoms with Crippen LogP contribution in [0.4, 0.5) is 4.39 Å². The fraction of sp³-hybridized carbons (Fsp3) is 0.143. The topological polar surface area (TPSA) is 50.7 Å². The monoisotopic (exact) mass is 292 g/mol. The van der Waals surface area contributed by atoms with Gasteiger partial charge in [-0.05, 0) is 30.5 Å². The highest BCUT2D eigenvalue weighted by atomic mass is 32.1. The van der Waals surface area contributed by atoms with E-state index in [-0.39, 0.29) is 12.4 Å². The van der Waals surface area contributed by atoms with E-state index < -0.39 is 11.7 Å². The van der Waals surface area contributed by atoms with Crippen molar-refractivity contribution in [3.8, 4) is 5.75 Å². The number of carbonyl (C=O) groups excluding carboxylic acids is 1. The quantitative estimate of drug-likeness (QED) is 0.680. The van der Waals surface area contributed by atoms with Gasteiger partial charge in [0.05, 0.1) is 5.71 Å². The van der Waals surface area contributed by atoms with Crippen molar-refractivity contribution < 1.29 is 13.9 Å². The number of nitrogens with zero attached hydrogens (tertiary/aromatic N) is 1. The van der Waals surface area contributed by atoms with E-state index in [0.717, 1.165) is 4.88 Å². The van der Waals surface area contributed by atoms with Crippen LogP contribution in [0.2, 0.25) is 0 Å². The smallest absolute Gasteiger partial charge is 0.277 e. The van der Waals surface area contributed by atoms with Crippen molar-refractivity contribution >= 4 is 23.0 Å². The van der Waals surface area contributed by atoms with Crippen molar-refractivity contribution in [1.82, 2.24) is 5.43 Å². The van der Waals surface area contributed by atoms with Gasteiger partial charge in [-0.25, -0.2) is 9.82 Å². The first kappa shape index (κ1) is 14.2. The molecular weight excluding hydrogens is 279 g/mol. The summed E-state index contributed by atoms with van der Waals surface area (Å²) in [7, 11) is 0. The molecule has 2 rings (SSSR count). The number of hydrogen-bond acceptors (Lipinski definition) is 4. The Labute approximate surface area is 119 Å². The highest BCUT2D eigenvalue weighted by Crippen LogP contribution is 2.14. The van der Waals surface area contributed by atoms with Crippen molar-refractivity contribution in [2.75, 3.05) is 6.61 Å². The number of ether oxygens (including phenoxy) is 1. The number of hydrogen-bond donors (Lipinski definition) is 1. The lowest BCUT2D eigenvalue weighted by molar-refractivity contribution is -0.123. The number of benzene rings is 1. The standard InChI is InChI=1S/C14H13FN2O2S/c1-10(13-7-4-8-20-13)16-17-14(18)9-19-12-6-3-2-5-11(12)15/h2-8H,9H2,1H3,(H,17,18)/b16-10-. The maximum absolute atomic E-state index is 13.3. The zero-order valence-corrected chi connectivity index (χ0v) is 11.6. The number of carbonyl (C=O) groups is 1. The molecule has 1 heterocycles. The molecule has 20 heavy (non-hydrogen) atoms. The molecule has 4 nitrogen and oxygen atoms in total. The van der Waals surface area contributed by atoms with E-state index in [0.29, 0.717) is 5.71 Å². The molecule has 0 aliphatic carbocycles. The summed E-state index contributed by atoms with van der Waals surface area (Å²) in [4.78, 5) is 12.5. The van der Waals surface area contributed by atoms with Gasteiger partial charge in [0, 0.05) is 4.88 Å². The molecule has 0 bridgehead atoms. The molecule has 1 N–H and O–H groups in total. The molecule has 104 valence electrons. The van der Waals surface area contributed by atoms with Gasteiger partial charge in [0.15, 0.2) is 18.2 Å². The Morgan fingerprint density at radius 1 is 1.35 bits per heavy atom. The first-order valence-corrected chi connectivity index (χ1v) is 6.79. The second kappa shape index (κ2) is 6.81. The summed E-state index contributed by atoms with van der Waals surface area (Å²) >= 11 is 1.53. The van der Waals surface area contributed by atoms with Crippen LogP contribution in [0.25, 0.3) is 0 Å². The van der Waals surface area contributed by atoms with Gasteiger partial charge in [-0.1, -0.05) is 18.2 Å². The molecule has 0 atom stereocenters. The van der Waals surface area contributed by atoms with Crippen LogP contribution >= 0.6 is 11.3 Å². The Hall–Kier alpha value is -2.21. The number of thiophene rings is 1. The zero-order chi connectivity index (χ0) is 14.4. The van der Waals surface area contributed by atoms with Crippen LogP contribution in [0.15, 0.2) is 46.9 Å². The minimum Gasteiger partial charge on any atom is -0.481 e. The highest BCUT2D eigenvalue weighted by molar-refractivity contribution is 7.12. The number of hydrazone groups is 1. The molecule has 0 aliphatic rings. The van der Waals surface area contributed by atoms with E-state index >= 15 is 0 Å². The summed E-state index contributed by atoms with van der Waals surface area (Å²) in [5.74, 6) is -0.899. The maximum atomic E-state index is 13.3. The maximum Gasteiger partial charge on any atom is 0.277 e. The van der Waals surface area contributed by atoms with E-state index in [1.54, 1.807) is 19.1 Å². The largest absolute Gasteiger partial charge is 0.481 e. The fourth-order valence-electron chi connectivity index (χ4n) is 1.42. The molecule has 0 unspecified atom stereocenters. The number of para-hydroxylation sites is 1. The van der Waals surface area contributed by atoms with E-state index in [4.69, 9.17) is 4.74 Å². The second-order valence-corrected chi connectivity index (χ2v) is 4.88. The molecule has 0 radical (unpaired) electrons. The molecule has 6 heteroatoms. The van der Waals surface area contributed by atoms with Crippen molar-refractivity contribution in [2.24, 2.45) is 5.10 Å². The van der Waals surface area contributed by atoms with Gasteiger partial charge in [-0.2, -0.15) is 5.10 Å². The normalized spacial score (nSPS) is 11.2. The van der Waals surface area contributed by atoms with Gasteiger partial charge in [-0.15, -0.1) is 11.3 Å². The summed E-state index contributed by atoms with van der Waals surface area (Å²) in [5.41, 5.74) is 3.08. The highest BCUT2D eigenvalue weighted by Gasteiger charge is 2.06. The number of halogens is 1. The zero-order valence-electron chi connectivity index (χ0n) is 10.8. The molecule has 2 aromatic rings. The Bertz CT molecular complexity index is 611. The molecule has 1 aromatic heterocycles.